The fourth-order valence-electron chi connectivity index (χ4n) is 3.60. The molecule has 1 unspecified atom stereocenters. The molecule has 112 valence electrons. The normalized spacial score (nSPS) is 22.6. The average Bonchev–Trinajstić information content (AvgIpc) is 2.85. The van der Waals surface area contributed by atoms with Crippen LogP contribution >= 0.6 is 0 Å². The molecule has 1 aliphatic heterocycles. The van der Waals surface area contributed by atoms with Gasteiger partial charge in [-0.25, -0.2) is 0 Å². The van der Waals surface area contributed by atoms with Crippen LogP contribution in [0.5, 0.6) is 0 Å². The summed E-state index contributed by atoms with van der Waals surface area (Å²) in [7, 11) is 0. The summed E-state index contributed by atoms with van der Waals surface area (Å²) in [4.78, 5) is 16.9. The van der Waals surface area contributed by atoms with Gasteiger partial charge in [0.15, 0.2) is 0 Å². The van der Waals surface area contributed by atoms with Gasteiger partial charge in [0, 0.05) is 19.1 Å². The van der Waals surface area contributed by atoms with Gasteiger partial charge in [0.1, 0.15) is 0 Å². The van der Waals surface area contributed by atoms with Crippen LogP contribution in [0.15, 0.2) is 0 Å². The van der Waals surface area contributed by atoms with E-state index in [-0.39, 0.29) is 11.9 Å². The number of carbonyl (C=O) groups excluding carboxylic acids is 1. The zero-order valence-electron chi connectivity index (χ0n) is 12.7. The van der Waals surface area contributed by atoms with Gasteiger partial charge in [-0.15, -0.1) is 0 Å². The number of carbonyl (C=O) groups is 1. The van der Waals surface area contributed by atoms with Gasteiger partial charge in [0.2, 0.25) is 5.91 Å². The molecule has 2 fully saturated rings. The van der Waals surface area contributed by atoms with E-state index in [2.05, 4.69) is 11.0 Å². The Morgan fingerprint density at radius 3 is 2.35 bits per heavy atom. The molecule has 4 nitrogen and oxygen atoms in total. The van der Waals surface area contributed by atoms with Crippen LogP contribution in [0.4, 0.5) is 0 Å². The molecule has 1 saturated carbocycles. The molecule has 0 aromatic heterocycles. The van der Waals surface area contributed by atoms with Crippen molar-refractivity contribution in [2.75, 3.05) is 19.6 Å². The summed E-state index contributed by atoms with van der Waals surface area (Å²) in [5.41, 5.74) is 0. The summed E-state index contributed by atoms with van der Waals surface area (Å²) in [5.74, 6) is 0.231. The van der Waals surface area contributed by atoms with Gasteiger partial charge in [0.25, 0.3) is 0 Å². The second-order valence-corrected chi connectivity index (χ2v) is 6.18. The Morgan fingerprint density at radius 1 is 1.20 bits per heavy atom. The lowest BCUT2D eigenvalue weighted by Gasteiger charge is -2.34. The van der Waals surface area contributed by atoms with E-state index < -0.39 is 0 Å². The monoisotopic (exact) mass is 277 g/mol. The first-order chi connectivity index (χ1) is 9.74. The molecule has 4 heteroatoms. The van der Waals surface area contributed by atoms with E-state index in [0.29, 0.717) is 12.6 Å². The van der Waals surface area contributed by atoms with Crippen LogP contribution in [0, 0.1) is 11.3 Å². The Morgan fingerprint density at radius 2 is 1.80 bits per heavy atom. The molecule has 2 aliphatic rings. The van der Waals surface area contributed by atoms with Gasteiger partial charge >= 0.3 is 0 Å². The third-order valence-electron chi connectivity index (χ3n) is 4.82. The van der Waals surface area contributed by atoms with Gasteiger partial charge in [-0.2, -0.15) is 5.26 Å². The Balaban J connectivity index is 1.99. The first kappa shape index (κ1) is 15.3. The van der Waals surface area contributed by atoms with E-state index in [0.717, 1.165) is 38.8 Å². The number of hydrogen-bond acceptors (Lipinski definition) is 3. The molecule has 2 rings (SSSR count). The van der Waals surface area contributed by atoms with Crippen molar-refractivity contribution in [1.82, 2.24) is 9.80 Å². The summed E-state index contributed by atoms with van der Waals surface area (Å²) in [6, 6.07) is 2.54. The molecule has 20 heavy (non-hydrogen) atoms. The first-order valence-corrected chi connectivity index (χ1v) is 8.15. The maximum absolute atomic E-state index is 12.7. The Bertz CT molecular complexity index is 349. The molecule has 0 aromatic carbocycles. The molecule has 0 spiro atoms. The molecule has 1 saturated heterocycles. The highest BCUT2D eigenvalue weighted by Gasteiger charge is 2.32. The lowest BCUT2D eigenvalue weighted by atomic mass is 10.1. The quantitative estimate of drug-likeness (QED) is 0.742. The Hall–Kier alpha value is -1.08. The summed E-state index contributed by atoms with van der Waals surface area (Å²) in [6.45, 7) is 4.16. The third kappa shape index (κ3) is 3.73. The highest BCUT2D eigenvalue weighted by Crippen LogP contribution is 2.25. The molecule has 1 atom stereocenters. The van der Waals surface area contributed by atoms with E-state index in [1.807, 2.05) is 11.8 Å². The minimum Gasteiger partial charge on any atom is -0.341 e. The minimum atomic E-state index is -0.143. The summed E-state index contributed by atoms with van der Waals surface area (Å²) in [5, 5.41) is 9.07. The van der Waals surface area contributed by atoms with Crippen molar-refractivity contribution in [3.8, 4) is 6.07 Å². The van der Waals surface area contributed by atoms with Crippen LogP contribution < -0.4 is 0 Å². The third-order valence-corrected chi connectivity index (χ3v) is 4.82. The molecule has 1 amide bonds. The fourth-order valence-corrected chi connectivity index (χ4v) is 3.60. The largest absolute Gasteiger partial charge is 0.341 e. The zero-order chi connectivity index (χ0) is 14.4. The molecule has 0 aromatic rings. The Kier molecular flexibility index (Phi) is 5.85. The molecular formula is C16H27N3O. The van der Waals surface area contributed by atoms with Crippen LogP contribution in [0.3, 0.4) is 0 Å². The van der Waals surface area contributed by atoms with Crippen LogP contribution in [0.1, 0.15) is 58.3 Å². The van der Waals surface area contributed by atoms with Gasteiger partial charge < -0.3 is 4.90 Å². The smallest absolute Gasteiger partial charge is 0.239 e. The standard InChI is InChI=1S/C16H27N3O/c1-14(16(20)18-11-6-2-3-7-12-18)19(13-10-17)15-8-4-5-9-15/h14-15H,2-9,11-13H2,1H3. The molecule has 1 heterocycles. The number of nitrogens with zero attached hydrogens (tertiary/aromatic N) is 3. The molecule has 0 radical (unpaired) electrons. The fraction of sp³-hybridized carbons (Fsp3) is 0.875. The van der Waals surface area contributed by atoms with Gasteiger partial charge in [0.05, 0.1) is 18.7 Å². The van der Waals surface area contributed by atoms with Crippen molar-refractivity contribution in [1.29, 1.82) is 5.26 Å². The van der Waals surface area contributed by atoms with Gasteiger partial charge in [-0.1, -0.05) is 25.7 Å². The van der Waals surface area contributed by atoms with Crippen molar-refractivity contribution >= 4 is 5.91 Å². The first-order valence-electron chi connectivity index (χ1n) is 8.15. The van der Waals surface area contributed by atoms with Crippen molar-refractivity contribution in [2.45, 2.75) is 70.4 Å². The van der Waals surface area contributed by atoms with E-state index >= 15 is 0 Å². The van der Waals surface area contributed by atoms with E-state index in [1.54, 1.807) is 0 Å². The maximum atomic E-state index is 12.7. The van der Waals surface area contributed by atoms with Crippen molar-refractivity contribution < 1.29 is 4.79 Å². The van der Waals surface area contributed by atoms with Gasteiger partial charge in [-0.05, 0) is 32.6 Å². The van der Waals surface area contributed by atoms with Crippen LogP contribution in [-0.2, 0) is 4.79 Å². The predicted octanol–water partition coefficient (Wildman–Crippen LogP) is 2.55. The SMILES string of the molecule is CC(C(=O)N1CCCCCC1)N(CC#N)C1CCCC1. The van der Waals surface area contributed by atoms with Crippen LogP contribution in [0.25, 0.3) is 0 Å². The number of likely N-dealkylation sites (tertiary alicyclic amines) is 1. The molecule has 0 bridgehead atoms. The van der Waals surface area contributed by atoms with E-state index in [1.165, 1.54) is 25.7 Å². The molecular weight excluding hydrogens is 250 g/mol. The van der Waals surface area contributed by atoms with Gasteiger partial charge in [-0.3, -0.25) is 9.69 Å². The van der Waals surface area contributed by atoms with E-state index in [4.69, 9.17) is 5.26 Å². The highest BCUT2D eigenvalue weighted by molar-refractivity contribution is 5.81. The molecule has 0 N–H and O–H groups in total. The van der Waals surface area contributed by atoms with Crippen molar-refractivity contribution in [3.63, 3.8) is 0 Å². The Labute approximate surface area is 122 Å². The summed E-state index contributed by atoms with van der Waals surface area (Å²) < 4.78 is 0. The number of nitriles is 1. The van der Waals surface area contributed by atoms with Crippen LogP contribution in [0.2, 0.25) is 0 Å². The van der Waals surface area contributed by atoms with E-state index in [9.17, 15) is 4.79 Å². The minimum absolute atomic E-state index is 0.143. The topological polar surface area (TPSA) is 47.3 Å². The number of rotatable bonds is 4. The maximum Gasteiger partial charge on any atom is 0.239 e. The zero-order valence-corrected chi connectivity index (χ0v) is 12.7. The molecule has 1 aliphatic carbocycles. The number of hydrogen-bond donors (Lipinski definition) is 0. The average molecular weight is 277 g/mol. The van der Waals surface area contributed by atoms with Crippen LogP contribution in [-0.4, -0.2) is 47.4 Å². The highest BCUT2D eigenvalue weighted by atomic mass is 16.2. The summed E-state index contributed by atoms with van der Waals surface area (Å²) >= 11 is 0. The lowest BCUT2D eigenvalue weighted by molar-refractivity contribution is -0.137. The lowest BCUT2D eigenvalue weighted by Crippen LogP contribution is -2.50. The van der Waals surface area contributed by atoms with Crippen molar-refractivity contribution in [2.24, 2.45) is 0 Å². The second kappa shape index (κ2) is 7.64. The van der Waals surface area contributed by atoms with Crippen molar-refractivity contribution in [3.05, 3.63) is 0 Å². The second-order valence-electron chi connectivity index (χ2n) is 6.18. The number of amides is 1. The summed E-state index contributed by atoms with van der Waals surface area (Å²) in [6.07, 6.45) is 9.47. The predicted molar refractivity (Wildman–Crippen MR) is 79.1 cm³/mol.